The van der Waals surface area contributed by atoms with E-state index < -0.39 is 11.6 Å². The van der Waals surface area contributed by atoms with Gasteiger partial charge in [-0.2, -0.15) is 0 Å². The van der Waals surface area contributed by atoms with E-state index in [9.17, 15) is 4.79 Å². The lowest BCUT2D eigenvalue weighted by Crippen LogP contribution is -2.44. The first-order valence-electron chi connectivity index (χ1n) is 13.6. The summed E-state index contributed by atoms with van der Waals surface area (Å²) in [6, 6.07) is 31.5. The van der Waals surface area contributed by atoms with E-state index in [1.165, 1.54) is 0 Å². The van der Waals surface area contributed by atoms with Gasteiger partial charge >= 0.3 is 0 Å². The third kappa shape index (κ3) is 6.85. The molecule has 0 radical (unpaired) electrons. The lowest BCUT2D eigenvalue weighted by atomic mass is 9.84. The molecule has 0 unspecified atom stereocenters. The van der Waals surface area contributed by atoms with E-state index in [-0.39, 0.29) is 18.9 Å². The molecule has 0 spiro atoms. The Morgan fingerprint density at radius 1 is 0.976 bits per heavy atom. The first kappa shape index (κ1) is 29.4. The minimum absolute atomic E-state index is 0.0588. The maximum Gasteiger partial charge on any atom is 0.257 e. The Balaban J connectivity index is 1.57. The van der Waals surface area contributed by atoms with Crippen LogP contribution >= 0.6 is 23.2 Å². The molecule has 42 heavy (non-hydrogen) atoms. The minimum Gasteiger partial charge on any atom is -0.494 e. The van der Waals surface area contributed by atoms with Crippen molar-refractivity contribution < 1.29 is 19.4 Å². The van der Waals surface area contributed by atoms with Gasteiger partial charge in [-0.1, -0.05) is 90.0 Å². The van der Waals surface area contributed by atoms with Gasteiger partial charge in [0.05, 0.1) is 6.61 Å². The fraction of sp³-hybridized carbons (Fsp3) is 0.176. The summed E-state index contributed by atoms with van der Waals surface area (Å²) in [7, 11) is 0. The lowest BCUT2D eigenvalue weighted by molar-refractivity contribution is -0.123. The summed E-state index contributed by atoms with van der Waals surface area (Å²) in [6.07, 6.45) is 3.82. The van der Waals surface area contributed by atoms with Crippen molar-refractivity contribution in [3.05, 3.63) is 136 Å². The van der Waals surface area contributed by atoms with Crippen molar-refractivity contribution in [2.24, 2.45) is 4.99 Å². The molecule has 0 aromatic heterocycles. The predicted molar refractivity (Wildman–Crippen MR) is 168 cm³/mol. The van der Waals surface area contributed by atoms with Crippen molar-refractivity contribution in [2.45, 2.75) is 24.5 Å². The number of nitrogens with zero attached hydrogens (tertiary/aromatic N) is 1. The highest BCUT2D eigenvalue weighted by molar-refractivity contribution is 6.35. The number of benzene rings is 4. The summed E-state index contributed by atoms with van der Waals surface area (Å²) in [5.41, 5.74) is 1.52. The number of hydrogen-bond acceptors (Lipinski definition) is 5. The van der Waals surface area contributed by atoms with Crippen molar-refractivity contribution in [3.8, 4) is 5.75 Å². The number of amides is 1. The highest BCUT2D eigenvalue weighted by Crippen LogP contribution is 2.46. The Bertz CT molecular complexity index is 1560. The highest BCUT2D eigenvalue weighted by atomic mass is 35.5. The van der Waals surface area contributed by atoms with Crippen LogP contribution in [-0.4, -0.2) is 35.7 Å². The van der Waals surface area contributed by atoms with Crippen molar-refractivity contribution in [1.82, 2.24) is 0 Å². The van der Waals surface area contributed by atoms with E-state index in [1.807, 2.05) is 97.1 Å². The second-order valence-electron chi connectivity index (χ2n) is 9.79. The van der Waals surface area contributed by atoms with Crippen molar-refractivity contribution >= 4 is 46.8 Å². The van der Waals surface area contributed by atoms with Crippen LogP contribution < -0.4 is 10.1 Å². The number of aliphatic imine (C=N–C) groups is 1. The third-order valence-corrected chi connectivity index (χ3v) is 7.41. The molecule has 4 aromatic carbocycles. The average Bonchev–Trinajstić information content (AvgIpc) is 3.39. The van der Waals surface area contributed by atoms with Gasteiger partial charge in [-0.05, 0) is 54.1 Å². The zero-order valence-electron chi connectivity index (χ0n) is 22.8. The van der Waals surface area contributed by atoms with Gasteiger partial charge in [-0.25, -0.2) is 4.99 Å². The van der Waals surface area contributed by atoms with Gasteiger partial charge in [0.15, 0.2) is 11.6 Å². The van der Waals surface area contributed by atoms with E-state index in [0.717, 1.165) is 5.56 Å². The summed E-state index contributed by atoms with van der Waals surface area (Å²) < 4.78 is 12.2. The Kier molecular flexibility index (Phi) is 9.59. The molecule has 2 N–H and O–H groups in total. The summed E-state index contributed by atoms with van der Waals surface area (Å²) >= 11 is 12.9. The lowest BCUT2D eigenvalue weighted by Gasteiger charge is -2.30. The normalized spacial score (nSPS) is 18.0. The maximum absolute atomic E-state index is 14.3. The van der Waals surface area contributed by atoms with Gasteiger partial charge in [-0.15, -0.1) is 0 Å². The molecule has 1 aliphatic rings. The van der Waals surface area contributed by atoms with E-state index in [0.29, 0.717) is 51.5 Å². The number of halogens is 2. The fourth-order valence-corrected chi connectivity index (χ4v) is 5.21. The Morgan fingerprint density at radius 3 is 2.38 bits per heavy atom. The predicted octanol–water partition coefficient (Wildman–Crippen LogP) is 7.75. The molecule has 5 rings (SSSR count). The number of nitrogens with one attached hydrogen (secondary N) is 1. The number of rotatable bonds is 11. The number of anilines is 1. The van der Waals surface area contributed by atoms with E-state index in [2.05, 4.69) is 5.32 Å². The summed E-state index contributed by atoms with van der Waals surface area (Å²) in [5, 5.41) is 12.9. The number of para-hydroxylation sites is 1. The molecule has 214 valence electrons. The maximum atomic E-state index is 14.3. The van der Waals surface area contributed by atoms with Gasteiger partial charge in [0.2, 0.25) is 5.90 Å². The molecular formula is C34H30Cl2N2O4. The molecule has 0 fully saturated rings. The molecule has 4 aromatic rings. The summed E-state index contributed by atoms with van der Waals surface area (Å²) in [4.78, 5) is 19.3. The topological polar surface area (TPSA) is 80.2 Å². The molecule has 1 aliphatic heterocycles. The molecule has 0 saturated carbocycles. The van der Waals surface area contributed by atoms with E-state index in [1.54, 1.807) is 18.2 Å². The molecular weight excluding hydrogens is 571 g/mol. The quantitative estimate of drug-likeness (QED) is 0.172. The molecule has 0 saturated heterocycles. The largest absolute Gasteiger partial charge is 0.494 e. The summed E-state index contributed by atoms with van der Waals surface area (Å²) in [6.45, 7) is 0.462. The Hall–Kier alpha value is -4.10. The molecule has 0 bridgehead atoms. The van der Waals surface area contributed by atoms with E-state index in [4.69, 9.17) is 42.8 Å². The van der Waals surface area contributed by atoms with Crippen LogP contribution in [-0.2, 0) is 9.53 Å². The number of aliphatic hydroxyl groups is 1. The third-order valence-electron chi connectivity index (χ3n) is 6.85. The fourth-order valence-electron chi connectivity index (χ4n) is 4.71. The van der Waals surface area contributed by atoms with E-state index >= 15 is 0 Å². The van der Waals surface area contributed by atoms with Crippen LogP contribution in [0.25, 0.3) is 6.08 Å². The van der Waals surface area contributed by atoms with Crippen LogP contribution in [0.15, 0.2) is 114 Å². The second-order valence-corrected chi connectivity index (χ2v) is 10.6. The average molecular weight is 602 g/mol. The Labute approximate surface area is 255 Å². The first-order valence-corrected chi connectivity index (χ1v) is 14.4. The number of ether oxygens (including phenoxy) is 2. The van der Waals surface area contributed by atoms with Crippen LogP contribution in [0.2, 0.25) is 10.0 Å². The number of carbonyl (C=O) groups is 1. The zero-order valence-corrected chi connectivity index (χ0v) is 24.3. The molecule has 0 aliphatic carbocycles. The molecule has 6 nitrogen and oxygen atoms in total. The van der Waals surface area contributed by atoms with Crippen LogP contribution in [0.5, 0.6) is 5.75 Å². The van der Waals surface area contributed by atoms with Crippen LogP contribution in [0.4, 0.5) is 5.69 Å². The monoisotopic (exact) mass is 600 g/mol. The zero-order chi connectivity index (χ0) is 29.4. The van der Waals surface area contributed by atoms with Crippen molar-refractivity contribution in [1.29, 1.82) is 0 Å². The standard InChI is InChI=1S/C34H30Cl2N2O4/c35-26-16-19-29(30(36)23-26)31-34(20-7-11-24-9-3-1-4-10-24,33(40)37-27-12-5-2-6-13-27)38-32(42-31)25-14-17-28(18-15-25)41-22-8-21-39/h1-7,9-19,23,31,39H,8,20-22H2,(H,37,40)/b11-7+/t31-,34-/m1/s1. The summed E-state index contributed by atoms with van der Waals surface area (Å²) in [5.74, 6) is 0.632. The van der Waals surface area contributed by atoms with Gasteiger partial charge in [-0.3, -0.25) is 4.79 Å². The van der Waals surface area contributed by atoms with Crippen LogP contribution in [0.3, 0.4) is 0 Å². The molecule has 8 heteroatoms. The smallest absolute Gasteiger partial charge is 0.257 e. The second kappa shape index (κ2) is 13.7. The van der Waals surface area contributed by atoms with Crippen LogP contribution in [0.1, 0.15) is 35.6 Å². The Morgan fingerprint density at radius 2 is 1.69 bits per heavy atom. The first-order chi connectivity index (χ1) is 20.5. The van der Waals surface area contributed by atoms with Gasteiger partial charge in [0, 0.05) is 46.3 Å². The van der Waals surface area contributed by atoms with Crippen LogP contribution in [0, 0.1) is 0 Å². The SMILES string of the molecule is O=C(Nc1ccccc1)[C@]1(C/C=C/c2ccccc2)N=C(c2ccc(OCCCO)cc2)O[C@@H]1c1ccc(Cl)cc1Cl. The number of carbonyl (C=O) groups excluding carboxylic acids is 1. The molecule has 1 heterocycles. The van der Waals surface area contributed by atoms with Gasteiger partial charge < -0.3 is 19.9 Å². The van der Waals surface area contributed by atoms with Gasteiger partial charge in [0.25, 0.3) is 5.91 Å². The number of hydrogen-bond donors (Lipinski definition) is 2. The number of aliphatic hydroxyl groups excluding tert-OH is 1. The van der Waals surface area contributed by atoms with Gasteiger partial charge in [0.1, 0.15) is 5.75 Å². The van der Waals surface area contributed by atoms with Crippen molar-refractivity contribution in [2.75, 3.05) is 18.5 Å². The molecule has 1 amide bonds. The molecule has 2 atom stereocenters. The van der Waals surface area contributed by atoms with Crippen molar-refractivity contribution in [3.63, 3.8) is 0 Å². The minimum atomic E-state index is -1.40. The highest BCUT2D eigenvalue weighted by Gasteiger charge is 2.53.